The molecule has 0 aromatic carbocycles. The van der Waals surface area contributed by atoms with Gasteiger partial charge in [0.1, 0.15) is 0 Å². The van der Waals surface area contributed by atoms with E-state index in [1.165, 1.54) is 11.8 Å². The number of fused-ring (bicyclic) bond motifs is 1. The van der Waals surface area contributed by atoms with Gasteiger partial charge in [0, 0.05) is 18.4 Å². The number of rotatable bonds is 1. The van der Waals surface area contributed by atoms with Crippen molar-refractivity contribution >= 4 is 17.7 Å². The molecule has 0 fully saturated rings. The van der Waals surface area contributed by atoms with Gasteiger partial charge in [0.05, 0.1) is 10.6 Å². The van der Waals surface area contributed by atoms with E-state index in [4.69, 9.17) is 5.11 Å². The van der Waals surface area contributed by atoms with E-state index < -0.39 is 5.97 Å². The van der Waals surface area contributed by atoms with E-state index in [1.54, 1.807) is 10.6 Å². The minimum Gasteiger partial charge on any atom is -0.478 e. The van der Waals surface area contributed by atoms with Gasteiger partial charge in [0.2, 0.25) is 0 Å². The molecule has 0 amide bonds. The lowest BCUT2D eigenvalue weighted by molar-refractivity contribution is 0.0696. The average Bonchev–Trinajstić information content (AvgIpc) is 2.51. The summed E-state index contributed by atoms with van der Waals surface area (Å²) >= 11 is 1.51. The number of thioether (sulfide) groups is 1. The Labute approximate surface area is 78.2 Å². The van der Waals surface area contributed by atoms with Crippen molar-refractivity contribution in [1.82, 2.24) is 4.57 Å². The third-order valence-electron chi connectivity index (χ3n) is 1.90. The highest BCUT2D eigenvalue weighted by atomic mass is 32.2. The molecule has 68 valence electrons. The monoisotopic (exact) mass is 197 g/mol. The molecular formula is C8H7NO3S. The molecule has 2 heterocycles. The highest BCUT2D eigenvalue weighted by Gasteiger charge is 2.15. The van der Waals surface area contributed by atoms with Gasteiger partial charge in [-0.3, -0.25) is 4.79 Å². The highest BCUT2D eigenvalue weighted by molar-refractivity contribution is 7.99. The molecule has 0 saturated carbocycles. The largest absolute Gasteiger partial charge is 0.478 e. The summed E-state index contributed by atoms with van der Waals surface area (Å²) in [7, 11) is 0. The van der Waals surface area contributed by atoms with E-state index in [9.17, 15) is 9.59 Å². The fourth-order valence-corrected chi connectivity index (χ4v) is 2.31. The number of aromatic nitrogens is 1. The van der Waals surface area contributed by atoms with Crippen LogP contribution in [0.25, 0.3) is 0 Å². The van der Waals surface area contributed by atoms with Crippen molar-refractivity contribution in [2.45, 2.75) is 11.6 Å². The van der Waals surface area contributed by atoms with Crippen LogP contribution < -0.4 is 5.56 Å². The van der Waals surface area contributed by atoms with Crippen LogP contribution in [0.2, 0.25) is 0 Å². The summed E-state index contributed by atoms with van der Waals surface area (Å²) in [5.74, 6) is -0.203. The van der Waals surface area contributed by atoms with Crippen LogP contribution in [0.3, 0.4) is 0 Å². The molecule has 13 heavy (non-hydrogen) atoms. The Bertz CT molecular complexity index is 424. The molecule has 1 aliphatic heterocycles. The van der Waals surface area contributed by atoms with Crippen molar-refractivity contribution in [1.29, 1.82) is 0 Å². The fourth-order valence-electron chi connectivity index (χ4n) is 1.28. The lowest BCUT2D eigenvalue weighted by atomic mass is 10.3. The van der Waals surface area contributed by atoms with Crippen molar-refractivity contribution < 1.29 is 9.90 Å². The Kier molecular flexibility index (Phi) is 1.88. The number of carbonyl (C=O) groups is 1. The molecule has 0 atom stereocenters. The quantitative estimate of drug-likeness (QED) is 0.718. The first kappa shape index (κ1) is 8.37. The molecule has 1 aromatic heterocycles. The van der Waals surface area contributed by atoms with Crippen molar-refractivity contribution in [3.63, 3.8) is 0 Å². The summed E-state index contributed by atoms with van der Waals surface area (Å²) in [6.45, 7) is 0.679. The summed E-state index contributed by atoms with van der Waals surface area (Å²) in [5.41, 5.74) is -0.148. The molecule has 0 radical (unpaired) electrons. The molecule has 0 aliphatic carbocycles. The van der Waals surface area contributed by atoms with Gasteiger partial charge in [0.25, 0.3) is 5.56 Å². The third kappa shape index (κ3) is 1.35. The molecule has 0 spiro atoms. The topological polar surface area (TPSA) is 59.3 Å². The second-order valence-electron chi connectivity index (χ2n) is 2.73. The summed E-state index contributed by atoms with van der Waals surface area (Å²) in [6, 6.07) is 2.71. The van der Waals surface area contributed by atoms with E-state index in [-0.39, 0.29) is 11.1 Å². The van der Waals surface area contributed by atoms with Gasteiger partial charge < -0.3 is 9.67 Å². The van der Waals surface area contributed by atoms with Crippen LogP contribution in [0.15, 0.2) is 22.0 Å². The molecule has 1 aliphatic rings. The third-order valence-corrected chi connectivity index (χ3v) is 2.92. The number of nitrogens with zero attached hydrogens (tertiary/aromatic N) is 1. The number of hydrogen-bond donors (Lipinski definition) is 1. The van der Waals surface area contributed by atoms with Gasteiger partial charge in [-0.2, -0.15) is 0 Å². The Morgan fingerprint density at radius 2 is 2.31 bits per heavy atom. The predicted molar refractivity (Wildman–Crippen MR) is 48.4 cm³/mol. The number of carboxylic acid groups (broad SMARTS) is 1. The second kappa shape index (κ2) is 2.92. The first-order chi connectivity index (χ1) is 6.18. The molecule has 1 aromatic rings. The molecule has 0 bridgehead atoms. The standard InChI is InChI=1S/C8H7NO3S/c10-6-3-5(8(11)12)4-7-9(6)1-2-13-7/h3-4H,1-2H2,(H,11,12). The number of hydrogen-bond acceptors (Lipinski definition) is 3. The molecule has 1 N–H and O–H groups in total. The van der Waals surface area contributed by atoms with E-state index in [0.29, 0.717) is 6.54 Å². The van der Waals surface area contributed by atoms with Crippen LogP contribution in [0.1, 0.15) is 10.4 Å². The molecule has 0 unspecified atom stereocenters. The van der Waals surface area contributed by atoms with Gasteiger partial charge >= 0.3 is 5.97 Å². The maximum absolute atomic E-state index is 11.3. The minimum atomic E-state index is -1.05. The van der Waals surface area contributed by atoms with Crippen LogP contribution in [-0.4, -0.2) is 21.4 Å². The van der Waals surface area contributed by atoms with Crippen molar-refractivity contribution in [2.75, 3.05) is 5.75 Å². The summed E-state index contributed by atoms with van der Waals surface area (Å²) < 4.78 is 1.59. The predicted octanol–water partition coefficient (Wildman–Crippen LogP) is 0.652. The van der Waals surface area contributed by atoms with Crippen molar-refractivity contribution in [3.8, 4) is 0 Å². The second-order valence-corrected chi connectivity index (χ2v) is 3.84. The summed E-state index contributed by atoms with van der Waals surface area (Å²) in [4.78, 5) is 21.9. The average molecular weight is 197 g/mol. The van der Waals surface area contributed by atoms with E-state index in [1.807, 2.05) is 0 Å². The highest BCUT2D eigenvalue weighted by Crippen LogP contribution is 2.23. The van der Waals surface area contributed by atoms with Crippen LogP contribution in [0.5, 0.6) is 0 Å². The maximum Gasteiger partial charge on any atom is 0.335 e. The van der Waals surface area contributed by atoms with Gasteiger partial charge in [0.15, 0.2) is 0 Å². The zero-order valence-electron chi connectivity index (χ0n) is 6.69. The first-order valence-corrected chi connectivity index (χ1v) is 4.78. The Morgan fingerprint density at radius 1 is 1.54 bits per heavy atom. The van der Waals surface area contributed by atoms with Crippen LogP contribution in [0.4, 0.5) is 0 Å². The maximum atomic E-state index is 11.3. The lowest BCUT2D eigenvalue weighted by Crippen LogP contribution is -2.19. The molecule has 2 rings (SSSR count). The van der Waals surface area contributed by atoms with Crippen molar-refractivity contribution in [2.24, 2.45) is 0 Å². The molecular weight excluding hydrogens is 190 g/mol. The Hall–Kier alpha value is -1.23. The first-order valence-electron chi connectivity index (χ1n) is 3.79. The van der Waals surface area contributed by atoms with Crippen LogP contribution in [0, 0.1) is 0 Å². The van der Waals surface area contributed by atoms with Crippen LogP contribution >= 0.6 is 11.8 Å². The summed E-state index contributed by atoms with van der Waals surface area (Å²) in [5, 5.41) is 9.44. The van der Waals surface area contributed by atoms with Gasteiger partial charge in [-0.25, -0.2) is 4.79 Å². The fraction of sp³-hybridized carbons (Fsp3) is 0.250. The number of carboxylic acids is 1. The zero-order chi connectivity index (χ0) is 9.42. The normalized spacial score (nSPS) is 14.2. The Balaban J connectivity index is 2.62. The van der Waals surface area contributed by atoms with E-state index in [0.717, 1.165) is 16.8 Å². The lowest BCUT2D eigenvalue weighted by Gasteiger charge is -2.01. The zero-order valence-corrected chi connectivity index (χ0v) is 7.50. The minimum absolute atomic E-state index is 0.0747. The molecule has 0 saturated heterocycles. The number of aromatic carboxylic acids is 1. The number of pyridine rings is 1. The van der Waals surface area contributed by atoms with E-state index >= 15 is 0 Å². The molecule has 5 heteroatoms. The van der Waals surface area contributed by atoms with Gasteiger partial charge in [-0.15, -0.1) is 11.8 Å². The SMILES string of the molecule is O=C(O)c1cc2n(c(=O)c1)CCS2. The molecule has 4 nitrogen and oxygen atoms in total. The van der Waals surface area contributed by atoms with E-state index in [2.05, 4.69) is 0 Å². The smallest absolute Gasteiger partial charge is 0.335 e. The van der Waals surface area contributed by atoms with Crippen LogP contribution in [-0.2, 0) is 6.54 Å². The Morgan fingerprint density at radius 3 is 3.00 bits per heavy atom. The van der Waals surface area contributed by atoms with Gasteiger partial charge in [-0.1, -0.05) is 0 Å². The summed E-state index contributed by atoms with van der Waals surface area (Å²) in [6.07, 6.45) is 0. The van der Waals surface area contributed by atoms with Crippen molar-refractivity contribution in [3.05, 3.63) is 28.0 Å². The van der Waals surface area contributed by atoms with Gasteiger partial charge in [-0.05, 0) is 6.07 Å².